The highest BCUT2D eigenvalue weighted by atomic mass is 16.2. The molecule has 0 atom stereocenters. The molecule has 0 spiro atoms. The van der Waals surface area contributed by atoms with Gasteiger partial charge in [-0.2, -0.15) is 0 Å². The Labute approximate surface area is 106 Å². The second kappa shape index (κ2) is 7.26. The van der Waals surface area contributed by atoms with Crippen LogP contribution in [0.25, 0.3) is 0 Å². The molecule has 0 aromatic carbocycles. The van der Waals surface area contributed by atoms with E-state index in [1.165, 1.54) is 0 Å². The number of aromatic nitrogens is 1. The Kier molecular flexibility index (Phi) is 5.63. The summed E-state index contributed by atoms with van der Waals surface area (Å²) in [7, 11) is 1.57. The third kappa shape index (κ3) is 4.40. The molecular formula is C12H18N4O2. The Balaban J connectivity index is 2.50. The molecule has 0 radical (unpaired) electrons. The maximum atomic E-state index is 11.8. The maximum absolute atomic E-state index is 11.8. The van der Waals surface area contributed by atoms with E-state index in [0.717, 1.165) is 6.54 Å². The monoisotopic (exact) mass is 250 g/mol. The second-order valence-corrected chi connectivity index (χ2v) is 3.64. The van der Waals surface area contributed by atoms with Crippen molar-refractivity contribution in [1.29, 1.82) is 0 Å². The first-order valence-corrected chi connectivity index (χ1v) is 5.86. The van der Waals surface area contributed by atoms with Crippen molar-refractivity contribution < 1.29 is 9.59 Å². The number of carbonyl (C=O) groups excluding carboxylic acids is 2. The lowest BCUT2D eigenvalue weighted by Gasteiger charge is -2.06. The third-order valence-corrected chi connectivity index (χ3v) is 2.30. The number of rotatable bonds is 6. The molecular weight excluding hydrogens is 232 g/mol. The van der Waals surface area contributed by atoms with Crippen LogP contribution in [0.1, 0.15) is 23.7 Å². The molecule has 2 amide bonds. The van der Waals surface area contributed by atoms with Gasteiger partial charge in [-0.25, -0.2) is 4.98 Å². The van der Waals surface area contributed by atoms with Crippen molar-refractivity contribution in [2.75, 3.05) is 25.5 Å². The highest BCUT2D eigenvalue weighted by Gasteiger charge is 2.07. The minimum atomic E-state index is -0.208. The smallest absolute Gasteiger partial charge is 0.251 e. The Bertz CT molecular complexity index is 420. The van der Waals surface area contributed by atoms with E-state index in [2.05, 4.69) is 20.9 Å². The van der Waals surface area contributed by atoms with Gasteiger partial charge in [0.25, 0.3) is 5.91 Å². The molecule has 0 aliphatic carbocycles. The van der Waals surface area contributed by atoms with Crippen LogP contribution in [0.2, 0.25) is 0 Å². The number of hydrogen-bond donors (Lipinski definition) is 3. The zero-order valence-corrected chi connectivity index (χ0v) is 10.6. The van der Waals surface area contributed by atoms with Gasteiger partial charge < -0.3 is 16.0 Å². The summed E-state index contributed by atoms with van der Waals surface area (Å²) >= 11 is 0. The summed E-state index contributed by atoms with van der Waals surface area (Å²) in [5.74, 6) is 0.357. The summed E-state index contributed by atoms with van der Waals surface area (Å²) in [5.41, 5.74) is 0.526. The van der Waals surface area contributed by atoms with Gasteiger partial charge in [0.05, 0.1) is 0 Å². The molecule has 18 heavy (non-hydrogen) atoms. The first kappa shape index (κ1) is 14.0. The van der Waals surface area contributed by atoms with E-state index < -0.39 is 0 Å². The topological polar surface area (TPSA) is 83.1 Å². The van der Waals surface area contributed by atoms with Gasteiger partial charge in [0.2, 0.25) is 5.91 Å². The number of nitrogens with zero attached hydrogens (tertiary/aromatic N) is 1. The standard InChI is InChI=1S/C12H18N4O2/c1-3-14-10-8-9(4-6-15-10)12(18)16-7-5-11(17)13-2/h4,6,8H,3,5,7H2,1-2H3,(H,13,17)(H,14,15)(H,16,18). The predicted molar refractivity (Wildman–Crippen MR) is 69.4 cm³/mol. The van der Waals surface area contributed by atoms with E-state index in [-0.39, 0.29) is 18.2 Å². The molecule has 3 N–H and O–H groups in total. The van der Waals surface area contributed by atoms with Crippen molar-refractivity contribution in [1.82, 2.24) is 15.6 Å². The minimum Gasteiger partial charge on any atom is -0.370 e. The Hall–Kier alpha value is -2.11. The second-order valence-electron chi connectivity index (χ2n) is 3.64. The van der Waals surface area contributed by atoms with Crippen LogP contribution in [0.15, 0.2) is 18.3 Å². The SMILES string of the molecule is CCNc1cc(C(=O)NCCC(=O)NC)ccn1. The molecule has 1 rings (SSSR count). The van der Waals surface area contributed by atoms with Gasteiger partial charge in [0.15, 0.2) is 0 Å². The van der Waals surface area contributed by atoms with Crippen molar-refractivity contribution >= 4 is 17.6 Å². The van der Waals surface area contributed by atoms with Crippen LogP contribution >= 0.6 is 0 Å². The van der Waals surface area contributed by atoms with E-state index in [9.17, 15) is 9.59 Å². The molecule has 0 unspecified atom stereocenters. The number of hydrogen-bond acceptors (Lipinski definition) is 4. The summed E-state index contributed by atoms with van der Waals surface area (Å²) in [4.78, 5) is 26.8. The Morgan fingerprint density at radius 3 is 2.83 bits per heavy atom. The van der Waals surface area contributed by atoms with Crippen LogP contribution in [-0.4, -0.2) is 36.9 Å². The fraction of sp³-hybridized carbons (Fsp3) is 0.417. The van der Waals surface area contributed by atoms with E-state index in [4.69, 9.17) is 0 Å². The molecule has 0 saturated heterocycles. The van der Waals surface area contributed by atoms with Gasteiger partial charge in [-0.05, 0) is 19.1 Å². The van der Waals surface area contributed by atoms with E-state index in [0.29, 0.717) is 17.9 Å². The van der Waals surface area contributed by atoms with Crippen LogP contribution in [-0.2, 0) is 4.79 Å². The van der Waals surface area contributed by atoms with Crippen molar-refractivity contribution in [3.63, 3.8) is 0 Å². The van der Waals surface area contributed by atoms with Crippen LogP contribution < -0.4 is 16.0 Å². The highest BCUT2D eigenvalue weighted by molar-refractivity contribution is 5.95. The average Bonchev–Trinajstić information content (AvgIpc) is 2.39. The van der Waals surface area contributed by atoms with Crippen LogP contribution in [0.3, 0.4) is 0 Å². The molecule has 98 valence electrons. The lowest BCUT2D eigenvalue weighted by atomic mass is 10.2. The normalized spacial score (nSPS) is 9.67. The highest BCUT2D eigenvalue weighted by Crippen LogP contribution is 2.06. The van der Waals surface area contributed by atoms with Gasteiger partial charge in [0.1, 0.15) is 5.82 Å². The number of nitrogens with one attached hydrogen (secondary N) is 3. The minimum absolute atomic E-state index is 0.0987. The van der Waals surface area contributed by atoms with Crippen molar-refractivity contribution in [2.24, 2.45) is 0 Å². The molecule has 0 fully saturated rings. The molecule has 1 aromatic rings. The van der Waals surface area contributed by atoms with Crippen molar-refractivity contribution in [3.8, 4) is 0 Å². The van der Waals surface area contributed by atoms with E-state index in [1.54, 1.807) is 25.4 Å². The van der Waals surface area contributed by atoms with Gasteiger partial charge in [-0.1, -0.05) is 0 Å². The third-order valence-electron chi connectivity index (χ3n) is 2.30. The van der Waals surface area contributed by atoms with Crippen LogP contribution in [0.4, 0.5) is 5.82 Å². The molecule has 0 aliphatic heterocycles. The molecule has 6 heteroatoms. The largest absolute Gasteiger partial charge is 0.370 e. The molecule has 0 bridgehead atoms. The van der Waals surface area contributed by atoms with Crippen molar-refractivity contribution in [3.05, 3.63) is 23.9 Å². The van der Waals surface area contributed by atoms with Gasteiger partial charge in [0, 0.05) is 38.3 Å². The van der Waals surface area contributed by atoms with Gasteiger partial charge >= 0.3 is 0 Å². The number of carbonyl (C=O) groups is 2. The summed E-state index contributed by atoms with van der Waals surface area (Å²) < 4.78 is 0. The molecule has 1 heterocycles. The maximum Gasteiger partial charge on any atom is 0.251 e. The zero-order valence-electron chi connectivity index (χ0n) is 10.6. The summed E-state index contributed by atoms with van der Waals surface area (Å²) in [6.07, 6.45) is 1.85. The first-order chi connectivity index (χ1) is 8.67. The summed E-state index contributed by atoms with van der Waals surface area (Å²) in [6, 6.07) is 3.31. The molecule has 1 aromatic heterocycles. The predicted octanol–water partition coefficient (Wildman–Crippen LogP) is 0.379. The summed E-state index contributed by atoms with van der Waals surface area (Å²) in [5, 5.41) is 8.20. The van der Waals surface area contributed by atoms with Crippen LogP contribution in [0, 0.1) is 0 Å². The van der Waals surface area contributed by atoms with E-state index in [1.807, 2.05) is 6.92 Å². The Morgan fingerprint density at radius 1 is 1.39 bits per heavy atom. The number of amides is 2. The summed E-state index contributed by atoms with van der Waals surface area (Å²) in [6.45, 7) is 3.02. The van der Waals surface area contributed by atoms with Gasteiger partial charge in [-0.15, -0.1) is 0 Å². The Morgan fingerprint density at radius 2 is 2.17 bits per heavy atom. The fourth-order valence-electron chi connectivity index (χ4n) is 1.37. The van der Waals surface area contributed by atoms with Gasteiger partial charge in [-0.3, -0.25) is 9.59 Å². The fourth-order valence-corrected chi connectivity index (χ4v) is 1.37. The number of anilines is 1. The number of pyridine rings is 1. The average molecular weight is 250 g/mol. The lowest BCUT2D eigenvalue weighted by Crippen LogP contribution is -2.29. The molecule has 0 saturated carbocycles. The molecule has 0 aliphatic rings. The zero-order chi connectivity index (χ0) is 13.4. The van der Waals surface area contributed by atoms with Crippen molar-refractivity contribution in [2.45, 2.75) is 13.3 Å². The lowest BCUT2D eigenvalue weighted by molar-refractivity contribution is -0.120. The molecule has 6 nitrogen and oxygen atoms in total. The van der Waals surface area contributed by atoms with Crippen LogP contribution in [0.5, 0.6) is 0 Å². The first-order valence-electron chi connectivity index (χ1n) is 5.86. The quantitative estimate of drug-likeness (QED) is 0.681. The van der Waals surface area contributed by atoms with E-state index >= 15 is 0 Å².